The molecule has 5 heteroatoms. The number of halogens is 1. The molecule has 0 saturated heterocycles. The molecule has 1 amide bonds. The van der Waals surface area contributed by atoms with Gasteiger partial charge in [-0.05, 0) is 31.4 Å². The van der Waals surface area contributed by atoms with Gasteiger partial charge in [-0.2, -0.15) is 0 Å². The molecule has 0 unspecified atom stereocenters. The van der Waals surface area contributed by atoms with Crippen molar-refractivity contribution < 1.29 is 19.4 Å². The summed E-state index contributed by atoms with van der Waals surface area (Å²) in [5, 5.41) is 21.7. The minimum absolute atomic E-state index is 0.00863. The summed E-state index contributed by atoms with van der Waals surface area (Å²) in [5.74, 6) is -1.51. The van der Waals surface area contributed by atoms with Crippen molar-refractivity contribution in [2.45, 2.75) is 24.9 Å². The zero-order chi connectivity index (χ0) is 12.5. The SMILES string of the molecule is O=C(NCC1(O)CCC1)c1ccc(F)cc1O. The number of benzene rings is 1. The number of aromatic hydroxyl groups is 1. The van der Waals surface area contributed by atoms with Crippen LogP contribution in [0.1, 0.15) is 29.6 Å². The molecule has 0 heterocycles. The quantitative estimate of drug-likeness (QED) is 0.741. The van der Waals surface area contributed by atoms with Crippen molar-refractivity contribution in [2.24, 2.45) is 0 Å². The van der Waals surface area contributed by atoms with E-state index in [1.54, 1.807) is 0 Å². The van der Waals surface area contributed by atoms with Crippen LogP contribution in [0.5, 0.6) is 5.75 Å². The third kappa shape index (κ3) is 2.55. The smallest absolute Gasteiger partial charge is 0.255 e. The number of phenols is 1. The Morgan fingerprint density at radius 2 is 2.18 bits per heavy atom. The van der Waals surface area contributed by atoms with E-state index in [2.05, 4.69) is 5.32 Å². The summed E-state index contributed by atoms with van der Waals surface area (Å²) < 4.78 is 12.7. The van der Waals surface area contributed by atoms with Gasteiger partial charge < -0.3 is 15.5 Å². The molecule has 2 rings (SSSR count). The Kier molecular flexibility index (Phi) is 3.02. The van der Waals surface area contributed by atoms with Crippen molar-refractivity contribution in [3.05, 3.63) is 29.6 Å². The highest BCUT2D eigenvalue weighted by atomic mass is 19.1. The number of carbonyl (C=O) groups excluding carboxylic acids is 1. The van der Waals surface area contributed by atoms with E-state index in [1.165, 1.54) is 6.07 Å². The van der Waals surface area contributed by atoms with Crippen molar-refractivity contribution in [2.75, 3.05) is 6.54 Å². The zero-order valence-corrected chi connectivity index (χ0v) is 9.24. The summed E-state index contributed by atoms with van der Waals surface area (Å²) >= 11 is 0. The molecule has 0 radical (unpaired) electrons. The third-order valence-electron chi connectivity index (χ3n) is 3.07. The lowest BCUT2D eigenvalue weighted by molar-refractivity contribution is -0.0300. The van der Waals surface area contributed by atoms with Crippen molar-refractivity contribution in [3.63, 3.8) is 0 Å². The van der Waals surface area contributed by atoms with E-state index >= 15 is 0 Å². The van der Waals surface area contributed by atoms with Gasteiger partial charge in [0.2, 0.25) is 0 Å². The number of aliphatic hydroxyl groups is 1. The van der Waals surface area contributed by atoms with Crippen LogP contribution < -0.4 is 5.32 Å². The molecule has 0 atom stereocenters. The molecule has 1 fully saturated rings. The molecule has 1 aliphatic carbocycles. The molecule has 1 aliphatic rings. The predicted molar refractivity (Wildman–Crippen MR) is 59.2 cm³/mol. The lowest BCUT2D eigenvalue weighted by Gasteiger charge is -2.36. The molecular formula is C12H14FNO3. The molecular weight excluding hydrogens is 225 g/mol. The van der Waals surface area contributed by atoms with Crippen LogP contribution in [-0.2, 0) is 0 Å². The Labute approximate surface area is 98.1 Å². The lowest BCUT2D eigenvalue weighted by atomic mass is 9.80. The lowest BCUT2D eigenvalue weighted by Crippen LogP contribution is -2.47. The maximum Gasteiger partial charge on any atom is 0.255 e. The second kappa shape index (κ2) is 4.33. The van der Waals surface area contributed by atoms with Crippen LogP contribution in [0, 0.1) is 5.82 Å². The van der Waals surface area contributed by atoms with E-state index < -0.39 is 23.1 Å². The molecule has 3 N–H and O–H groups in total. The Hall–Kier alpha value is -1.62. The van der Waals surface area contributed by atoms with Crippen LogP contribution in [0.15, 0.2) is 18.2 Å². The van der Waals surface area contributed by atoms with Gasteiger partial charge in [-0.15, -0.1) is 0 Å². The van der Waals surface area contributed by atoms with E-state index in [-0.39, 0.29) is 12.1 Å². The van der Waals surface area contributed by atoms with Gasteiger partial charge >= 0.3 is 0 Å². The number of carbonyl (C=O) groups is 1. The fourth-order valence-corrected chi connectivity index (χ4v) is 1.80. The summed E-state index contributed by atoms with van der Waals surface area (Å²) in [4.78, 5) is 11.7. The highest BCUT2D eigenvalue weighted by Gasteiger charge is 2.34. The van der Waals surface area contributed by atoms with Gasteiger partial charge in [0.25, 0.3) is 5.91 Å². The zero-order valence-electron chi connectivity index (χ0n) is 9.24. The molecule has 1 aromatic carbocycles. The topological polar surface area (TPSA) is 69.6 Å². The van der Waals surface area contributed by atoms with E-state index in [0.717, 1.165) is 18.6 Å². The normalized spacial score (nSPS) is 17.3. The van der Waals surface area contributed by atoms with Gasteiger partial charge in [-0.1, -0.05) is 0 Å². The Balaban J connectivity index is 1.99. The first kappa shape index (κ1) is 11.9. The number of hydrogen-bond acceptors (Lipinski definition) is 3. The third-order valence-corrected chi connectivity index (χ3v) is 3.07. The Morgan fingerprint density at radius 1 is 1.47 bits per heavy atom. The van der Waals surface area contributed by atoms with Crippen LogP contribution in [0.2, 0.25) is 0 Å². The standard InChI is InChI=1S/C12H14FNO3/c13-8-2-3-9(10(15)6-8)11(16)14-7-12(17)4-1-5-12/h2-3,6,15,17H,1,4-5,7H2,(H,14,16). The second-order valence-corrected chi connectivity index (χ2v) is 4.42. The van der Waals surface area contributed by atoms with Crippen LogP contribution in [0.25, 0.3) is 0 Å². The fourth-order valence-electron chi connectivity index (χ4n) is 1.80. The summed E-state index contributed by atoms with van der Waals surface area (Å²) in [6, 6.07) is 3.20. The minimum atomic E-state index is -0.814. The average molecular weight is 239 g/mol. The second-order valence-electron chi connectivity index (χ2n) is 4.42. The summed E-state index contributed by atoms with van der Waals surface area (Å²) in [6.45, 7) is 0.155. The Bertz CT molecular complexity index is 443. The fraction of sp³-hybridized carbons (Fsp3) is 0.417. The van der Waals surface area contributed by atoms with E-state index in [1.807, 2.05) is 0 Å². The first-order valence-electron chi connectivity index (χ1n) is 5.49. The first-order chi connectivity index (χ1) is 8.00. The van der Waals surface area contributed by atoms with Crippen molar-refractivity contribution in [1.82, 2.24) is 5.32 Å². The van der Waals surface area contributed by atoms with Crippen LogP contribution >= 0.6 is 0 Å². The van der Waals surface area contributed by atoms with E-state index in [9.17, 15) is 19.4 Å². The van der Waals surface area contributed by atoms with E-state index in [4.69, 9.17) is 0 Å². The van der Waals surface area contributed by atoms with Gasteiger partial charge in [0.1, 0.15) is 11.6 Å². The molecule has 1 saturated carbocycles. The Morgan fingerprint density at radius 3 is 2.71 bits per heavy atom. The van der Waals surface area contributed by atoms with Crippen LogP contribution in [0.4, 0.5) is 4.39 Å². The number of amides is 1. The largest absolute Gasteiger partial charge is 0.507 e. The average Bonchev–Trinajstić information content (AvgIpc) is 2.23. The predicted octanol–water partition coefficient (Wildman–Crippen LogP) is 1.18. The number of phenolic OH excluding ortho intramolecular Hbond substituents is 1. The van der Waals surface area contributed by atoms with Gasteiger partial charge in [0, 0.05) is 12.6 Å². The molecule has 0 aliphatic heterocycles. The van der Waals surface area contributed by atoms with Crippen LogP contribution in [0.3, 0.4) is 0 Å². The van der Waals surface area contributed by atoms with Crippen molar-refractivity contribution in [1.29, 1.82) is 0 Å². The minimum Gasteiger partial charge on any atom is -0.507 e. The van der Waals surface area contributed by atoms with Crippen LogP contribution in [-0.4, -0.2) is 28.3 Å². The molecule has 17 heavy (non-hydrogen) atoms. The number of nitrogens with one attached hydrogen (secondary N) is 1. The summed E-state index contributed by atoms with van der Waals surface area (Å²) in [7, 11) is 0. The molecule has 92 valence electrons. The van der Waals surface area contributed by atoms with Gasteiger partial charge in [-0.25, -0.2) is 4.39 Å². The maximum atomic E-state index is 12.7. The first-order valence-corrected chi connectivity index (χ1v) is 5.49. The molecule has 0 bridgehead atoms. The molecule has 0 aromatic heterocycles. The monoisotopic (exact) mass is 239 g/mol. The highest BCUT2D eigenvalue weighted by molar-refractivity contribution is 5.96. The number of rotatable bonds is 3. The molecule has 0 spiro atoms. The molecule has 4 nitrogen and oxygen atoms in total. The molecule has 1 aromatic rings. The summed E-state index contributed by atoms with van der Waals surface area (Å²) in [6.07, 6.45) is 2.29. The van der Waals surface area contributed by atoms with Gasteiger partial charge in [-0.3, -0.25) is 4.79 Å². The maximum absolute atomic E-state index is 12.7. The number of hydrogen-bond donors (Lipinski definition) is 3. The van der Waals surface area contributed by atoms with Crippen molar-refractivity contribution >= 4 is 5.91 Å². The van der Waals surface area contributed by atoms with Gasteiger partial charge in [0.15, 0.2) is 0 Å². The summed E-state index contributed by atoms with van der Waals surface area (Å²) in [5.41, 5.74) is -0.806. The van der Waals surface area contributed by atoms with Gasteiger partial charge in [0.05, 0.1) is 11.2 Å². The highest BCUT2D eigenvalue weighted by Crippen LogP contribution is 2.30. The van der Waals surface area contributed by atoms with E-state index in [0.29, 0.717) is 12.8 Å². The van der Waals surface area contributed by atoms with Crippen molar-refractivity contribution in [3.8, 4) is 5.75 Å².